The number of aliphatic imine (C=N–C) groups is 1. The van der Waals surface area contributed by atoms with Crippen LogP contribution in [0.3, 0.4) is 0 Å². The summed E-state index contributed by atoms with van der Waals surface area (Å²) in [5.74, 6) is -2.24. The first-order valence-electron chi connectivity index (χ1n) is 9.77. The van der Waals surface area contributed by atoms with Crippen molar-refractivity contribution in [2.24, 2.45) is 10.4 Å². The third-order valence-electron chi connectivity index (χ3n) is 4.89. The minimum atomic E-state index is -1.68. The molecule has 3 rings (SSSR count). The lowest BCUT2D eigenvalue weighted by molar-refractivity contribution is 0.144. The molecule has 2 heterocycles. The molecule has 0 saturated carbocycles. The van der Waals surface area contributed by atoms with Crippen LogP contribution in [-0.4, -0.2) is 41.2 Å². The summed E-state index contributed by atoms with van der Waals surface area (Å²) in [6.07, 6.45) is 1.97. The van der Waals surface area contributed by atoms with Gasteiger partial charge in [-0.2, -0.15) is 0 Å². The van der Waals surface area contributed by atoms with Gasteiger partial charge < -0.3 is 19.3 Å². The summed E-state index contributed by atoms with van der Waals surface area (Å²) < 4.78 is 36.2. The highest BCUT2D eigenvalue weighted by Gasteiger charge is 2.29. The van der Waals surface area contributed by atoms with Crippen LogP contribution < -0.4 is 15.1 Å². The number of anilines is 1. The number of pyridine rings is 1. The molecule has 1 unspecified atom stereocenters. The first-order valence-corrected chi connectivity index (χ1v) is 9.77. The number of halogens is 2. The van der Waals surface area contributed by atoms with Gasteiger partial charge in [0, 0.05) is 25.8 Å². The van der Waals surface area contributed by atoms with Gasteiger partial charge >= 0.3 is 6.16 Å². The van der Waals surface area contributed by atoms with Gasteiger partial charge in [-0.05, 0) is 24.8 Å². The normalized spacial score (nSPS) is 17.3. The van der Waals surface area contributed by atoms with Crippen LogP contribution in [0.1, 0.15) is 34.1 Å². The fraction of sp³-hybridized carbons (Fsp3) is 0.476. The Hall–Kier alpha value is -2.97. The van der Waals surface area contributed by atoms with Gasteiger partial charge in [0.05, 0.1) is 23.1 Å². The minimum Gasteiger partial charge on any atom is -0.449 e. The highest BCUT2D eigenvalue weighted by Crippen LogP contribution is 2.33. The van der Waals surface area contributed by atoms with Crippen molar-refractivity contribution in [1.29, 1.82) is 0 Å². The SMILES string of the molecule is CCn1cc(OC(=O)O)c(=O)c2cc(F)c(N3CCC(N=CC(C)(C)C)C3)c(F)c21. The Morgan fingerprint density at radius 2 is 2.10 bits per heavy atom. The zero-order chi connectivity index (χ0) is 22.2. The van der Waals surface area contributed by atoms with Gasteiger partial charge in [0.15, 0.2) is 11.6 Å². The number of carboxylic acid groups (broad SMARTS) is 1. The van der Waals surface area contributed by atoms with Crippen LogP contribution in [0.4, 0.5) is 19.3 Å². The van der Waals surface area contributed by atoms with Gasteiger partial charge in [-0.25, -0.2) is 13.6 Å². The summed E-state index contributed by atoms with van der Waals surface area (Å²) in [6, 6.07) is 0.876. The van der Waals surface area contributed by atoms with Crippen molar-refractivity contribution in [3.63, 3.8) is 0 Å². The third-order valence-corrected chi connectivity index (χ3v) is 4.89. The number of aromatic nitrogens is 1. The summed E-state index contributed by atoms with van der Waals surface area (Å²) in [4.78, 5) is 29.5. The largest absolute Gasteiger partial charge is 0.511 e. The molecule has 1 saturated heterocycles. The summed E-state index contributed by atoms with van der Waals surface area (Å²) >= 11 is 0. The van der Waals surface area contributed by atoms with E-state index in [-0.39, 0.29) is 34.6 Å². The maximum atomic E-state index is 15.5. The molecule has 1 fully saturated rings. The Kier molecular flexibility index (Phi) is 5.83. The second-order valence-electron chi connectivity index (χ2n) is 8.43. The lowest BCUT2D eigenvalue weighted by Crippen LogP contribution is -2.25. The van der Waals surface area contributed by atoms with Crippen LogP contribution in [0.2, 0.25) is 0 Å². The first kappa shape index (κ1) is 21.7. The van der Waals surface area contributed by atoms with Gasteiger partial charge in [0.25, 0.3) is 0 Å². The number of fused-ring (bicyclic) bond motifs is 1. The second kappa shape index (κ2) is 8.04. The molecule has 1 aliphatic rings. The van der Waals surface area contributed by atoms with Gasteiger partial charge in [0.2, 0.25) is 5.43 Å². The first-order chi connectivity index (χ1) is 14.0. The molecule has 1 N–H and O–H groups in total. The van der Waals surface area contributed by atoms with Crippen molar-refractivity contribution in [2.75, 3.05) is 18.0 Å². The molecule has 30 heavy (non-hydrogen) atoms. The van der Waals surface area contributed by atoms with E-state index in [1.807, 2.05) is 27.0 Å². The summed E-state index contributed by atoms with van der Waals surface area (Å²) in [6.45, 7) is 8.80. The number of aryl methyl sites for hydroxylation is 1. The van der Waals surface area contributed by atoms with Crippen LogP contribution in [0.5, 0.6) is 5.75 Å². The Morgan fingerprint density at radius 1 is 1.40 bits per heavy atom. The number of hydrogen-bond donors (Lipinski definition) is 1. The Bertz CT molecular complexity index is 1070. The van der Waals surface area contributed by atoms with E-state index in [1.54, 1.807) is 11.8 Å². The van der Waals surface area contributed by atoms with Crippen molar-refractivity contribution >= 4 is 29.0 Å². The highest BCUT2D eigenvalue weighted by atomic mass is 19.1. The maximum Gasteiger partial charge on any atom is 0.511 e. The van der Waals surface area contributed by atoms with Gasteiger partial charge in [0.1, 0.15) is 11.5 Å². The Balaban J connectivity index is 2.07. The fourth-order valence-corrected chi connectivity index (χ4v) is 3.55. The molecule has 9 heteroatoms. The average molecular weight is 421 g/mol. The lowest BCUT2D eigenvalue weighted by Gasteiger charge is -2.22. The molecule has 1 aliphatic heterocycles. The van der Waals surface area contributed by atoms with E-state index in [0.29, 0.717) is 19.5 Å². The minimum absolute atomic E-state index is 0.0709. The predicted octanol–water partition coefficient (Wildman–Crippen LogP) is 4.05. The third kappa shape index (κ3) is 4.29. The van der Waals surface area contributed by atoms with E-state index in [0.717, 1.165) is 12.3 Å². The lowest BCUT2D eigenvalue weighted by atomic mass is 9.99. The molecular weight excluding hydrogens is 396 g/mol. The Morgan fingerprint density at radius 3 is 2.70 bits per heavy atom. The summed E-state index contributed by atoms with van der Waals surface area (Å²) in [7, 11) is 0. The number of ether oxygens (including phenoxy) is 1. The summed E-state index contributed by atoms with van der Waals surface area (Å²) in [5.41, 5.74) is -1.25. The molecular formula is C21H25F2N3O4. The topological polar surface area (TPSA) is 84.1 Å². The number of nitrogens with zero attached hydrogens (tertiary/aromatic N) is 3. The quantitative estimate of drug-likeness (QED) is 0.595. The number of hydrogen-bond acceptors (Lipinski definition) is 5. The molecule has 0 bridgehead atoms. The van der Waals surface area contributed by atoms with Crippen molar-refractivity contribution in [2.45, 2.75) is 46.7 Å². The van der Waals surface area contributed by atoms with Crippen molar-refractivity contribution in [1.82, 2.24) is 4.57 Å². The number of benzene rings is 1. The number of rotatable bonds is 4. The maximum absolute atomic E-state index is 15.5. The molecule has 1 aromatic carbocycles. The van der Waals surface area contributed by atoms with Crippen molar-refractivity contribution in [3.05, 3.63) is 34.1 Å². The van der Waals surface area contributed by atoms with E-state index in [4.69, 9.17) is 5.11 Å². The molecule has 7 nitrogen and oxygen atoms in total. The van der Waals surface area contributed by atoms with E-state index >= 15 is 4.39 Å². The monoisotopic (exact) mass is 421 g/mol. The molecule has 2 aromatic rings. The second-order valence-corrected chi connectivity index (χ2v) is 8.43. The van der Waals surface area contributed by atoms with Crippen molar-refractivity contribution < 1.29 is 23.4 Å². The van der Waals surface area contributed by atoms with Gasteiger partial charge in [-0.3, -0.25) is 9.79 Å². The van der Waals surface area contributed by atoms with E-state index in [1.165, 1.54) is 4.57 Å². The van der Waals surface area contributed by atoms with Crippen LogP contribution in [0.25, 0.3) is 10.9 Å². The molecule has 1 atom stereocenters. The summed E-state index contributed by atoms with van der Waals surface area (Å²) in [5, 5.41) is 8.54. The molecule has 162 valence electrons. The fourth-order valence-electron chi connectivity index (χ4n) is 3.55. The van der Waals surface area contributed by atoms with Crippen LogP contribution >= 0.6 is 0 Å². The van der Waals surface area contributed by atoms with E-state index in [9.17, 15) is 14.0 Å². The zero-order valence-electron chi connectivity index (χ0n) is 17.4. The van der Waals surface area contributed by atoms with E-state index in [2.05, 4.69) is 9.73 Å². The standard InChI is InChI=1S/C21H25F2N3O4/c1-5-25-10-15(30-20(28)29)19(27)13-8-14(22)18(16(23)17(13)25)26-7-6-12(9-26)24-11-21(2,3)4/h8,10-12H,5-7,9H2,1-4H3,(H,28,29). The predicted molar refractivity (Wildman–Crippen MR) is 111 cm³/mol. The molecule has 0 aliphatic carbocycles. The number of carbonyl (C=O) groups is 1. The average Bonchev–Trinajstić information content (AvgIpc) is 3.10. The van der Waals surface area contributed by atoms with Crippen LogP contribution in [0.15, 0.2) is 22.1 Å². The van der Waals surface area contributed by atoms with Crippen LogP contribution in [-0.2, 0) is 6.54 Å². The molecule has 0 radical (unpaired) electrons. The van der Waals surface area contributed by atoms with Gasteiger partial charge in [-0.15, -0.1) is 0 Å². The van der Waals surface area contributed by atoms with Gasteiger partial charge in [-0.1, -0.05) is 20.8 Å². The highest BCUT2D eigenvalue weighted by molar-refractivity contribution is 5.85. The smallest absolute Gasteiger partial charge is 0.449 e. The molecule has 0 amide bonds. The van der Waals surface area contributed by atoms with Crippen molar-refractivity contribution in [3.8, 4) is 5.75 Å². The zero-order valence-corrected chi connectivity index (χ0v) is 17.4. The van der Waals surface area contributed by atoms with E-state index < -0.39 is 29.0 Å². The molecule has 0 spiro atoms. The Labute approximate surface area is 172 Å². The van der Waals surface area contributed by atoms with Crippen LogP contribution in [0, 0.1) is 17.0 Å². The molecule has 1 aromatic heterocycles.